The second-order valence-corrected chi connectivity index (χ2v) is 11.6. The second kappa shape index (κ2) is 10.5. The van der Waals surface area contributed by atoms with Gasteiger partial charge >= 0.3 is 6.18 Å². The summed E-state index contributed by atoms with van der Waals surface area (Å²) in [6, 6.07) is 6.75. The normalized spacial score (nSPS) is 14.6. The van der Waals surface area contributed by atoms with Gasteiger partial charge in [0.1, 0.15) is 0 Å². The maximum atomic E-state index is 13.4. The topological polar surface area (TPSA) is 75.7 Å². The van der Waals surface area contributed by atoms with Crippen molar-refractivity contribution < 1.29 is 31.1 Å². The van der Waals surface area contributed by atoms with Gasteiger partial charge in [0.2, 0.25) is 0 Å². The van der Waals surface area contributed by atoms with Gasteiger partial charge in [-0.3, -0.25) is 9.52 Å². The molecule has 0 radical (unpaired) electrons. The van der Waals surface area contributed by atoms with Crippen LogP contribution in [0.1, 0.15) is 37.5 Å². The monoisotopic (exact) mass is 552 g/mol. The van der Waals surface area contributed by atoms with Crippen LogP contribution in [0.3, 0.4) is 0 Å². The summed E-state index contributed by atoms with van der Waals surface area (Å²) in [6.07, 6.45) is -4.48. The summed E-state index contributed by atoms with van der Waals surface area (Å²) in [4.78, 5) is 15.5. The standard InChI is InChI=1S/C26H27F3N2O4S2/c1-16-14-17(2)24(31-9-11-35-12-10-31)18(3)21(16)15-23(32)25-22(8-13-36-25)30-37(33,34)20-6-4-19(5-7-20)26(27,28)29/h4-8,13-14,30H,9-12,15H2,1-3H3. The Morgan fingerprint density at radius 2 is 1.70 bits per heavy atom. The number of anilines is 2. The zero-order chi connectivity index (χ0) is 27.0. The molecule has 3 aromatic rings. The number of ketones is 1. The van der Waals surface area contributed by atoms with Crippen molar-refractivity contribution >= 4 is 38.5 Å². The quantitative estimate of drug-likeness (QED) is 0.378. The van der Waals surface area contributed by atoms with Gasteiger partial charge < -0.3 is 9.64 Å². The molecule has 1 N–H and O–H groups in total. The number of nitrogens with one attached hydrogen (secondary N) is 1. The van der Waals surface area contributed by atoms with Crippen molar-refractivity contribution in [2.24, 2.45) is 0 Å². The molecule has 2 aromatic carbocycles. The molecular formula is C26H27F3N2O4S2. The minimum atomic E-state index is -4.57. The third-order valence-electron chi connectivity index (χ3n) is 6.41. The van der Waals surface area contributed by atoms with Gasteiger partial charge in [0.25, 0.3) is 10.0 Å². The fourth-order valence-electron chi connectivity index (χ4n) is 4.63. The Balaban J connectivity index is 1.58. The molecule has 0 aliphatic carbocycles. The zero-order valence-corrected chi connectivity index (χ0v) is 22.2. The van der Waals surface area contributed by atoms with E-state index in [4.69, 9.17) is 4.74 Å². The van der Waals surface area contributed by atoms with Gasteiger partial charge in [-0.15, -0.1) is 11.3 Å². The predicted octanol–water partition coefficient (Wildman–Crippen LogP) is 5.75. The summed E-state index contributed by atoms with van der Waals surface area (Å²) in [5.74, 6) is -0.247. The van der Waals surface area contributed by atoms with E-state index in [9.17, 15) is 26.4 Å². The van der Waals surface area contributed by atoms with Crippen molar-refractivity contribution in [3.8, 4) is 0 Å². The van der Waals surface area contributed by atoms with Crippen LogP contribution in [-0.4, -0.2) is 40.5 Å². The zero-order valence-electron chi connectivity index (χ0n) is 20.6. The third-order valence-corrected chi connectivity index (χ3v) is 8.75. The number of benzene rings is 2. The van der Waals surface area contributed by atoms with E-state index < -0.39 is 21.8 Å². The van der Waals surface area contributed by atoms with Crippen LogP contribution in [0.2, 0.25) is 0 Å². The number of hydrogen-bond donors (Lipinski definition) is 1. The first kappa shape index (κ1) is 27.2. The van der Waals surface area contributed by atoms with Gasteiger partial charge in [0, 0.05) is 25.2 Å². The highest BCUT2D eigenvalue weighted by Gasteiger charge is 2.31. The van der Waals surface area contributed by atoms with Gasteiger partial charge in [-0.1, -0.05) is 6.07 Å². The van der Waals surface area contributed by atoms with E-state index >= 15 is 0 Å². The first-order valence-corrected chi connectivity index (χ1v) is 14.0. The number of alkyl halides is 3. The van der Waals surface area contributed by atoms with Gasteiger partial charge in [0.15, 0.2) is 5.78 Å². The second-order valence-electron chi connectivity index (χ2n) is 8.95. The van der Waals surface area contributed by atoms with Crippen molar-refractivity contribution in [1.29, 1.82) is 0 Å². The molecule has 11 heteroatoms. The molecule has 37 heavy (non-hydrogen) atoms. The molecule has 0 unspecified atom stereocenters. The summed E-state index contributed by atoms with van der Waals surface area (Å²) in [7, 11) is -4.20. The molecule has 1 aliphatic rings. The van der Waals surface area contributed by atoms with Gasteiger partial charge in [-0.2, -0.15) is 13.2 Å². The molecule has 0 atom stereocenters. The van der Waals surface area contributed by atoms with E-state index in [2.05, 4.69) is 15.7 Å². The molecule has 2 heterocycles. The summed E-state index contributed by atoms with van der Waals surface area (Å²) < 4.78 is 72.1. The van der Waals surface area contributed by atoms with Crippen molar-refractivity contribution in [2.45, 2.75) is 38.3 Å². The fraction of sp³-hybridized carbons (Fsp3) is 0.346. The van der Waals surface area contributed by atoms with Crippen LogP contribution in [-0.2, 0) is 27.4 Å². The number of hydrogen-bond acceptors (Lipinski definition) is 6. The summed E-state index contributed by atoms with van der Waals surface area (Å²) in [5.41, 5.74) is 4.24. The summed E-state index contributed by atoms with van der Waals surface area (Å²) >= 11 is 1.11. The van der Waals surface area contributed by atoms with Crippen LogP contribution in [0.15, 0.2) is 46.7 Å². The molecule has 0 amide bonds. The third kappa shape index (κ3) is 5.83. The largest absolute Gasteiger partial charge is 0.416 e. The molecule has 1 fully saturated rings. The highest BCUT2D eigenvalue weighted by Crippen LogP contribution is 2.34. The molecule has 198 valence electrons. The SMILES string of the molecule is Cc1cc(C)c(N2CCOCC2)c(C)c1CC(=O)c1sccc1NS(=O)(=O)c1ccc(C(F)(F)F)cc1. The number of morpholine rings is 1. The Morgan fingerprint density at radius 1 is 1.05 bits per heavy atom. The van der Waals surface area contributed by atoms with Crippen molar-refractivity contribution in [1.82, 2.24) is 0 Å². The van der Waals surface area contributed by atoms with E-state index in [1.54, 1.807) is 5.38 Å². The number of carbonyl (C=O) groups is 1. The molecule has 4 rings (SSSR count). The fourth-order valence-corrected chi connectivity index (χ4v) is 6.56. The Bertz CT molecular complexity index is 1410. The van der Waals surface area contributed by atoms with Crippen LogP contribution in [0.4, 0.5) is 24.5 Å². The number of thiophene rings is 1. The molecule has 1 saturated heterocycles. The minimum absolute atomic E-state index is 0.0881. The lowest BCUT2D eigenvalue weighted by molar-refractivity contribution is -0.137. The van der Waals surface area contributed by atoms with Crippen LogP contribution >= 0.6 is 11.3 Å². The number of ether oxygens (including phenoxy) is 1. The summed E-state index contributed by atoms with van der Waals surface area (Å²) in [5, 5.41) is 1.60. The van der Waals surface area contributed by atoms with Gasteiger partial charge in [-0.05, 0) is 78.7 Å². The average molecular weight is 553 g/mol. The number of Topliss-reactive ketones (excluding diaryl/α,β-unsaturated/α-hetero) is 1. The average Bonchev–Trinajstić information content (AvgIpc) is 3.29. The van der Waals surface area contributed by atoms with E-state index in [1.807, 2.05) is 20.8 Å². The summed E-state index contributed by atoms with van der Waals surface area (Å²) in [6.45, 7) is 8.80. The highest BCUT2D eigenvalue weighted by atomic mass is 32.2. The van der Waals surface area contributed by atoms with Crippen molar-refractivity contribution in [2.75, 3.05) is 35.9 Å². The molecule has 1 aromatic heterocycles. The van der Waals surface area contributed by atoms with E-state index in [0.29, 0.717) is 25.3 Å². The maximum absolute atomic E-state index is 13.4. The smallest absolute Gasteiger partial charge is 0.378 e. The van der Waals surface area contributed by atoms with E-state index in [1.165, 1.54) is 6.07 Å². The van der Waals surface area contributed by atoms with Gasteiger partial charge in [0.05, 0.1) is 34.2 Å². The van der Waals surface area contributed by atoms with Crippen LogP contribution in [0.25, 0.3) is 0 Å². The lowest BCUT2D eigenvalue weighted by Crippen LogP contribution is -2.37. The number of nitrogens with zero attached hydrogens (tertiary/aromatic N) is 1. The van der Waals surface area contributed by atoms with E-state index in [0.717, 1.165) is 64.5 Å². The highest BCUT2D eigenvalue weighted by molar-refractivity contribution is 7.92. The molecule has 0 spiro atoms. The number of rotatable bonds is 7. The lowest BCUT2D eigenvalue weighted by atomic mass is 9.92. The van der Waals surface area contributed by atoms with Crippen LogP contribution in [0, 0.1) is 20.8 Å². The lowest BCUT2D eigenvalue weighted by Gasteiger charge is -2.32. The minimum Gasteiger partial charge on any atom is -0.378 e. The number of carbonyl (C=O) groups excluding carboxylic acids is 1. The molecule has 6 nitrogen and oxygen atoms in total. The molecule has 1 aliphatic heterocycles. The van der Waals surface area contributed by atoms with Crippen LogP contribution in [0.5, 0.6) is 0 Å². The van der Waals surface area contributed by atoms with E-state index in [-0.39, 0.29) is 27.7 Å². The Hall–Kier alpha value is -2.89. The first-order valence-electron chi connectivity index (χ1n) is 11.6. The Labute approximate surface area is 218 Å². The molecule has 0 saturated carbocycles. The maximum Gasteiger partial charge on any atom is 0.416 e. The number of halogens is 3. The van der Waals surface area contributed by atoms with Gasteiger partial charge in [-0.25, -0.2) is 8.42 Å². The molecular weight excluding hydrogens is 525 g/mol. The number of aryl methyl sites for hydroxylation is 2. The Kier molecular flexibility index (Phi) is 7.68. The number of sulfonamides is 1. The first-order chi connectivity index (χ1) is 17.4. The van der Waals surface area contributed by atoms with Crippen molar-refractivity contribution in [3.63, 3.8) is 0 Å². The van der Waals surface area contributed by atoms with Crippen molar-refractivity contribution in [3.05, 3.63) is 74.5 Å². The van der Waals surface area contributed by atoms with Crippen LogP contribution < -0.4 is 9.62 Å². The Morgan fingerprint density at radius 3 is 2.32 bits per heavy atom. The predicted molar refractivity (Wildman–Crippen MR) is 138 cm³/mol. The molecule has 0 bridgehead atoms.